The van der Waals surface area contributed by atoms with Gasteiger partial charge in [-0.15, -0.1) is 0 Å². The van der Waals surface area contributed by atoms with Crippen LogP contribution in [-0.2, 0) is 0 Å². The Kier molecular flexibility index (Phi) is 3.18. The van der Waals surface area contributed by atoms with Gasteiger partial charge in [0.05, 0.1) is 0 Å². The van der Waals surface area contributed by atoms with E-state index in [2.05, 4.69) is 6.92 Å². The molecule has 2 heteroatoms. The van der Waals surface area contributed by atoms with Gasteiger partial charge in [-0.25, -0.2) is 0 Å². The Balaban J connectivity index is 2.93. The number of hydrogen-bond acceptors (Lipinski definition) is 1. The van der Waals surface area contributed by atoms with Crippen molar-refractivity contribution in [1.82, 2.24) is 0 Å². The maximum atomic E-state index is 9.17. The summed E-state index contributed by atoms with van der Waals surface area (Å²) in [4.78, 5) is 0. The van der Waals surface area contributed by atoms with Crippen LogP contribution in [0.15, 0.2) is 24.3 Å². The van der Waals surface area contributed by atoms with Crippen LogP contribution in [-0.4, -0.2) is 5.11 Å². The van der Waals surface area contributed by atoms with Gasteiger partial charge < -0.3 is 5.11 Å². The van der Waals surface area contributed by atoms with E-state index in [9.17, 15) is 5.11 Å². The Hall–Kier alpha value is -0.950. The second kappa shape index (κ2) is 4.17. The van der Waals surface area contributed by atoms with Crippen molar-refractivity contribution in [2.45, 2.75) is 13.3 Å². The van der Waals surface area contributed by atoms with E-state index >= 15 is 0 Å². The summed E-state index contributed by atoms with van der Waals surface area (Å²) in [5.41, 5.74) is 0.932. The second-order valence-corrected chi connectivity index (χ2v) is 2.99. The van der Waals surface area contributed by atoms with Crippen LogP contribution in [0, 0.1) is 0 Å². The van der Waals surface area contributed by atoms with E-state index in [1.54, 1.807) is 6.07 Å². The van der Waals surface area contributed by atoms with Crippen LogP contribution in [0.2, 0.25) is 5.02 Å². The summed E-state index contributed by atoms with van der Waals surface area (Å²) >= 11 is 5.74. The lowest BCUT2D eigenvalue weighted by molar-refractivity contribution is 0.475. The van der Waals surface area contributed by atoms with Crippen LogP contribution in [0.4, 0.5) is 0 Å². The summed E-state index contributed by atoms with van der Waals surface area (Å²) < 4.78 is 0. The molecule has 0 aliphatic rings. The highest BCUT2D eigenvalue weighted by Crippen LogP contribution is 2.20. The number of hydrogen-bond donors (Lipinski definition) is 1. The first-order valence-electron chi connectivity index (χ1n) is 3.88. The Morgan fingerprint density at radius 1 is 1.42 bits per heavy atom. The summed E-state index contributed by atoms with van der Waals surface area (Å²) in [6.07, 6.45) is 4.93. The Morgan fingerprint density at radius 3 is 2.75 bits per heavy atom. The SMILES string of the molecule is CCC=Cc1cc(O)cc(Cl)c1. The number of halogens is 1. The first-order valence-corrected chi connectivity index (χ1v) is 4.26. The predicted octanol–water partition coefficient (Wildman–Crippen LogP) is 3.47. The van der Waals surface area contributed by atoms with Crippen molar-refractivity contribution < 1.29 is 5.11 Å². The molecular formula is C10H11ClO. The molecule has 0 heterocycles. The summed E-state index contributed by atoms with van der Waals surface area (Å²) in [5.74, 6) is 0.207. The van der Waals surface area contributed by atoms with Crippen LogP contribution < -0.4 is 0 Å². The molecule has 0 spiro atoms. The second-order valence-electron chi connectivity index (χ2n) is 2.55. The van der Waals surface area contributed by atoms with Crippen molar-refractivity contribution in [3.8, 4) is 5.75 Å². The standard InChI is InChI=1S/C10H11ClO/c1-2-3-4-8-5-9(11)7-10(12)6-8/h3-7,12H,2H2,1H3. The lowest BCUT2D eigenvalue weighted by atomic mass is 10.2. The molecule has 1 N–H and O–H groups in total. The summed E-state index contributed by atoms with van der Waals surface area (Å²) in [5, 5.41) is 9.74. The van der Waals surface area contributed by atoms with E-state index in [4.69, 9.17) is 11.6 Å². The topological polar surface area (TPSA) is 20.2 Å². The van der Waals surface area contributed by atoms with Crippen molar-refractivity contribution in [2.75, 3.05) is 0 Å². The average Bonchev–Trinajstić information content (AvgIpc) is 1.99. The van der Waals surface area contributed by atoms with Gasteiger partial charge in [0.25, 0.3) is 0 Å². The van der Waals surface area contributed by atoms with Crippen molar-refractivity contribution in [3.05, 3.63) is 34.9 Å². The minimum Gasteiger partial charge on any atom is -0.508 e. The zero-order chi connectivity index (χ0) is 8.97. The van der Waals surface area contributed by atoms with E-state index in [1.807, 2.05) is 18.2 Å². The van der Waals surface area contributed by atoms with Gasteiger partial charge in [0.1, 0.15) is 5.75 Å². The molecule has 64 valence electrons. The van der Waals surface area contributed by atoms with Crippen LogP contribution in [0.1, 0.15) is 18.9 Å². The largest absolute Gasteiger partial charge is 0.508 e. The summed E-state index contributed by atoms with van der Waals surface area (Å²) in [6.45, 7) is 2.06. The normalized spacial score (nSPS) is 10.8. The van der Waals surface area contributed by atoms with E-state index < -0.39 is 0 Å². The summed E-state index contributed by atoms with van der Waals surface area (Å²) in [6, 6.07) is 5.01. The van der Waals surface area contributed by atoms with Gasteiger partial charge in [0.15, 0.2) is 0 Å². The highest BCUT2D eigenvalue weighted by Gasteiger charge is 1.93. The molecule has 0 saturated carbocycles. The van der Waals surface area contributed by atoms with Crippen LogP contribution in [0.5, 0.6) is 5.75 Å². The molecule has 1 nitrogen and oxygen atoms in total. The number of rotatable bonds is 2. The average molecular weight is 183 g/mol. The quantitative estimate of drug-likeness (QED) is 0.743. The van der Waals surface area contributed by atoms with Crippen molar-refractivity contribution in [3.63, 3.8) is 0 Å². The van der Waals surface area contributed by atoms with Crippen LogP contribution in [0.3, 0.4) is 0 Å². The molecule has 12 heavy (non-hydrogen) atoms. The van der Waals surface area contributed by atoms with Crippen LogP contribution in [0.25, 0.3) is 6.08 Å². The molecule has 0 bridgehead atoms. The van der Waals surface area contributed by atoms with Gasteiger partial charge in [-0.1, -0.05) is 30.7 Å². The minimum absolute atomic E-state index is 0.207. The number of aromatic hydroxyl groups is 1. The molecule has 0 unspecified atom stereocenters. The molecule has 0 amide bonds. The smallest absolute Gasteiger partial charge is 0.117 e. The first kappa shape index (κ1) is 9.14. The molecule has 0 radical (unpaired) electrons. The third-order valence-electron chi connectivity index (χ3n) is 1.45. The fraction of sp³-hybridized carbons (Fsp3) is 0.200. The van der Waals surface area contributed by atoms with Crippen molar-refractivity contribution >= 4 is 17.7 Å². The van der Waals surface area contributed by atoms with E-state index in [0.717, 1.165) is 12.0 Å². The van der Waals surface area contributed by atoms with E-state index in [0.29, 0.717) is 5.02 Å². The van der Waals surface area contributed by atoms with Gasteiger partial charge in [0, 0.05) is 5.02 Å². The monoisotopic (exact) mass is 182 g/mol. The van der Waals surface area contributed by atoms with Gasteiger partial charge in [-0.2, -0.15) is 0 Å². The molecular weight excluding hydrogens is 172 g/mol. The fourth-order valence-corrected chi connectivity index (χ4v) is 1.18. The van der Waals surface area contributed by atoms with Gasteiger partial charge in [-0.05, 0) is 30.2 Å². The van der Waals surface area contributed by atoms with Gasteiger partial charge >= 0.3 is 0 Å². The highest BCUT2D eigenvalue weighted by molar-refractivity contribution is 6.30. The number of phenolic OH excluding ortho intramolecular Hbond substituents is 1. The lowest BCUT2D eigenvalue weighted by Gasteiger charge is -1.96. The molecule has 1 aromatic rings. The molecule has 0 fully saturated rings. The molecule has 1 rings (SSSR count). The number of phenols is 1. The molecule has 0 aliphatic heterocycles. The molecule has 0 saturated heterocycles. The zero-order valence-electron chi connectivity index (χ0n) is 6.92. The van der Waals surface area contributed by atoms with Crippen molar-refractivity contribution in [2.24, 2.45) is 0 Å². The Morgan fingerprint density at radius 2 is 2.17 bits per heavy atom. The molecule has 1 aromatic carbocycles. The highest BCUT2D eigenvalue weighted by atomic mass is 35.5. The molecule has 0 aromatic heterocycles. The third-order valence-corrected chi connectivity index (χ3v) is 1.67. The third kappa shape index (κ3) is 2.59. The zero-order valence-corrected chi connectivity index (χ0v) is 7.67. The molecule has 0 atom stereocenters. The molecule has 0 aliphatic carbocycles. The Labute approximate surface area is 77.3 Å². The predicted molar refractivity (Wildman–Crippen MR) is 52.4 cm³/mol. The number of allylic oxidation sites excluding steroid dienone is 1. The van der Waals surface area contributed by atoms with Gasteiger partial charge in [0.2, 0.25) is 0 Å². The lowest BCUT2D eigenvalue weighted by Crippen LogP contribution is -1.72. The maximum absolute atomic E-state index is 9.17. The number of benzene rings is 1. The van der Waals surface area contributed by atoms with Crippen LogP contribution >= 0.6 is 11.6 Å². The minimum atomic E-state index is 0.207. The van der Waals surface area contributed by atoms with Gasteiger partial charge in [-0.3, -0.25) is 0 Å². The van der Waals surface area contributed by atoms with E-state index in [-0.39, 0.29) is 5.75 Å². The van der Waals surface area contributed by atoms with Crippen molar-refractivity contribution in [1.29, 1.82) is 0 Å². The Bertz CT molecular complexity index is 272. The maximum Gasteiger partial charge on any atom is 0.117 e. The first-order chi connectivity index (χ1) is 5.72. The summed E-state index contributed by atoms with van der Waals surface area (Å²) in [7, 11) is 0. The van der Waals surface area contributed by atoms with E-state index in [1.165, 1.54) is 6.07 Å². The fourth-order valence-electron chi connectivity index (χ4n) is 0.946.